The van der Waals surface area contributed by atoms with Gasteiger partial charge in [-0.05, 0) is 21.9 Å². The van der Waals surface area contributed by atoms with Crippen LogP contribution in [-0.2, 0) is 20.7 Å². The average molecular weight is 304 g/mol. The number of benzene rings is 3. The Morgan fingerprint density at radius 3 is 2.39 bits per heavy atom. The van der Waals surface area contributed by atoms with Gasteiger partial charge in [0.15, 0.2) is 11.9 Å². The maximum absolute atomic E-state index is 12.7. The summed E-state index contributed by atoms with van der Waals surface area (Å²) >= 11 is 0. The van der Waals surface area contributed by atoms with Gasteiger partial charge in [0.05, 0.1) is 0 Å². The molecule has 114 valence electrons. The van der Waals surface area contributed by atoms with Gasteiger partial charge in [-0.1, -0.05) is 72.8 Å². The molecule has 1 atom stereocenters. The molecule has 0 radical (unpaired) electrons. The Morgan fingerprint density at radius 2 is 1.61 bits per heavy atom. The normalized spacial score (nSPS) is 11.8. The fourth-order valence-electron chi connectivity index (χ4n) is 2.75. The number of rotatable bonds is 6. The molecule has 0 saturated heterocycles. The van der Waals surface area contributed by atoms with Crippen LogP contribution >= 0.6 is 0 Å². The van der Waals surface area contributed by atoms with Crippen LogP contribution in [0.2, 0.25) is 0 Å². The molecule has 0 amide bonds. The zero-order chi connectivity index (χ0) is 16.1. The van der Waals surface area contributed by atoms with E-state index in [9.17, 15) is 9.59 Å². The largest absolute Gasteiger partial charge is 0.452 e. The maximum atomic E-state index is 12.7. The van der Waals surface area contributed by atoms with Crippen LogP contribution in [0.3, 0.4) is 0 Å². The summed E-state index contributed by atoms with van der Waals surface area (Å²) in [5, 5.41) is 2.13. The second-order valence-electron chi connectivity index (χ2n) is 5.30. The molecule has 0 aromatic heterocycles. The Kier molecular flexibility index (Phi) is 4.48. The monoisotopic (exact) mass is 304 g/mol. The van der Waals surface area contributed by atoms with Crippen LogP contribution in [-0.4, -0.2) is 12.3 Å². The Hall–Kier alpha value is -2.94. The Labute approximate surface area is 134 Å². The van der Waals surface area contributed by atoms with E-state index in [0.29, 0.717) is 12.0 Å². The van der Waals surface area contributed by atoms with Crippen LogP contribution in [0.4, 0.5) is 0 Å². The van der Waals surface area contributed by atoms with Crippen LogP contribution in [0, 0.1) is 0 Å². The molecule has 0 fully saturated rings. The Balaban J connectivity index is 1.91. The molecule has 0 saturated carbocycles. The number of fused-ring (bicyclic) bond motifs is 1. The second-order valence-corrected chi connectivity index (χ2v) is 5.30. The first-order valence-corrected chi connectivity index (χ1v) is 7.43. The molecule has 23 heavy (non-hydrogen) atoms. The number of Topliss-reactive ketones (excluding diaryl/α,β-unsaturated/α-hetero) is 1. The van der Waals surface area contributed by atoms with Crippen LogP contribution in [0.5, 0.6) is 0 Å². The average Bonchev–Trinajstić information content (AvgIpc) is 2.60. The molecule has 0 spiro atoms. The highest BCUT2D eigenvalue weighted by Gasteiger charge is 2.22. The van der Waals surface area contributed by atoms with Crippen LogP contribution in [0.1, 0.15) is 17.2 Å². The van der Waals surface area contributed by atoms with Crippen LogP contribution in [0.15, 0.2) is 72.8 Å². The number of ketones is 1. The van der Waals surface area contributed by atoms with Gasteiger partial charge in [-0.3, -0.25) is 9.59 Å². The topological polar surface area (TPSA) is 43.4 Å². The summed E-state index contributed by atoms with van der Waals surface area (Å²) in [6.07, 6.45) is -0.651. The minimum Gasteiger partial charge on any atom is -0.452 e. The lowest BCUT2D eigenvalue weighted by Gasteiger charge is -2.15. The van der Waals surface area contributed by atoms with Crippen molar-refractivity contribution in [2.75, 3.05) is 0 Å². The van der Waals surface area contributed by atoms with Crippen molar-refractivity contribution in [2.24, 2.45) is 0 Å². The van der Waals surface area contributed by atoms with Gasteiger partial charge in [0.2, 0.25) is 0 Å². The van der Waals surface area contributed by atoms with Crippen molar-refractivity contribution in [1.29, 1.82) is 0 Å². The Bertz CT molecular complexity index is 819. The van der Waals surface area contributed by atoms with E-state index in [2.05, 4.69) is 0 Å². The summed E-state index contributed by atoms with van der Waals surface area (Å²) in [6.45, 7) is 0.332. The lowest BCUT2D eigenvalue weighted by atomic mass is 9.96. The minimum absolute atomic E-state index is 0.139. The highest BCUT2D eigenvalue weighted by atomic mass is 16.5. The summed E-state index contributed by atoms with van der Waals surface area (Å²) in [5.74, 6) is -0.139. The highest BCUT2D eigenvalue weighted by Crippen LogP contribution is 2.23. The predicted octanol–water partition coefficient (Wildman–Crippen LogP) is 3.87. The maximum Gasteiger partial charge on any atom is 0.294 e. The quantitative estimate of drug-likeness (QED) is 0.649. The number of hydrogen-bond donors (Lipinski definition) is 0. The van der Waals surface area contributed by atoms with Crippen molar-refractivity contribution >= 4 is 23.0 Å². The van der Waals surface area contributed by atoms with E-state index in [4.69, 9.17) is 4.74 Å². The lowest BCUT2D eigenvalue weighted by Crippen LogP contribution is -2.18. The van der Waals surface area contributed by atoms with E-state index in [1.807, 2.05) is 60.7 Å². The zero-order valence-electron chi connectivity index (χ0n) is 12.5. The molecule has 3 rings (SSSR count). The van der Waals surface area contributed by atoms with E-state index in [1.165, 1.54) is 0 Å². The molecule has 0 aliphatic heterocycles. The molecule has 1 unspecified atom stereocenters. The second kappa shape index (κ2) is 6.88. The van der Waals surface area contributed by atoms with Crippen molar-refractivity contribution in [3.05, 3.63) is 83.9 Å². The third-order valence-electron chi connectivity index (χ3n) is 3.83. The summed E-state index contributed by atoms with van der Waals surface area (Å²) in [4.78, 5) is 23.4. The fraction of sp³-hybridized carbons (Fsp3) is 0.100. The summed E-state index contributed by atoms with van der Waals surface area (Å²) in [7, 11) is 0. The highest BCUT2D eigenvalue weighted by molar-refractivity contribution is 5.93. The van der Waals surface area contributed by atoms with Gasteiger partial charge in [0.25, 0.3) is 6.47 Å². The molecule has 3 aromatic rings. The van der Waals surface area contributed by atoms with Crippen molar-refractivity contribution in [2.45, 2.75) is 12.5 Å². The third kappa shape index (κ3) is 3.29. The first-order valence-electron chi connectivity index (χ1n) is 7.43. The van der Waals surface area contributed by atoms with E-state index in [0.717, 1.165) is 16.3 Å². The molecule has 0 N–H and O–H groups in total. The molecule has 0 aliphatic rings. The van der Waals surface area contributed by atoms with Gasteiger partial charge in [0, 0.05) is 6.42 Å². The van der Waals surface area contributed by atoms with Crippen LogP contribution < -0.4 is 0 Å². The lowest BCUT2D eigenvalue weighted by molar-refractivity contribution is -0.144. The summed E-state index contributed by atoms with van der Waals surface area (Å²) < 4.78 is 5.04. The fourth-order valence-corrected chi connectivity index (χ4v) is 2.75. The smallest absolute Gasteiger partial charge is 0.294 e. The molecule has 3 heteroatoms. The van der Waals surface area contributed by atoms with Crippen LogP contribution in [0.25, 0.3) is 10.8 Å². The van der Waals surface area contributed by atoms with Gasteiger partial charge in [-0.2, -0.15) is 0 Å². The van der Waals surface area contributed by atoms with E-state index >= 15 is 0 Å². The predicted molar refractivity (Wildman–Crippen MR) is 89.0 cm³/mol. The Morgan fingerprint density at radius 1 is 0.913 bits per heavy atom. The summed E-state index contributed by atoms with van der Waals surface area (Å²) in [5.41, 5.74) is 1.62. The zero-order valence-corrected chi connectivity index (χ0v) is 12.5. The molecular formula is C20H16O3. The standard InChI is InChI=1S/C20H16O3/c21-14-23-20(16-8-2-1-3-9-16)19(22)13-17-11-6-10-15-7-4-5-12-18(15)17/h1-12,14,20H,13H2. The third-order valence-corrected chi connectivity index (χ3v) is 3.83. The van der Waals surface area contributed by atoms with E-state index in [1.54, 1.807) is 12.1 Å². The van der Waals surface area contributed by atoms with Gasteiger partial charge in [-0.15, -0.1) is 0 Å². The molecular weight excluding hydrogens is 288 g/mol. The molecule has 3 aromatic carbocycles. The number of carbonyl (C=O) groups is 2. The molecule has 3 nitrogen and oxygen atoms in total. The number of carbonyl (C=O) groups excluding carboxylic acids is 2. The number of ether oxygens (including phenoxy) is 1. The first-order chi connectivity index (χ1) is 11.3. The first kappa shape index (κ1) is 15.0. The van der Waals surface area contributed by atoms with Crippen molar-refractivity contribution in [1.82, 2.24) is 0 Å². The van der Waals surface area contributed by atoms with E-state index < -0.39 is 6.10 Å². The van der Waals surface area contributed by atoms with Crippen molar-refractivity contribution in [3.8, 4) is 0 Å². The van der Waals surface area contributed by atoms with Gasteiger partial charge in [-0.25, -0.2) is 0 Å². The SMILES string of the molecule is O=COC(C(=O)Cc1cccc2ccccc12)c1ccccc1. The molecule has 0 heterocycles. The van der Waals surface area contributed by atoms with Crippen molar-refractivity contribution < 1.29 is 14.3 Å². The van der Waals surface area contributed by atoms with Crippen molar-refractivity contribution in [3.63, 3.8) is 0 Å². The van der Waals surface area contributed by atoms with Gasteiger partial charge < -0.3 is 4.74 Å². The van der Waals surface area contributed by atoms with E-state index in [-0.39, 0.29) is 12.2 Å². The number of hydrogen-bond acceptors (Lipinski definition) is 3. The van der Waals surface area contributed by atoms with Gasteiger partial charge in [0.1, 0.15) is 0 Å². The summed E-state index contributed by atoms with van der Waals surface area (Å²) in [6, 6.07) is 22.9. The van der Waals surface area contributed by atoms with Gasteiger partial charge >= 0.3 is 0 Å². The molecule has 0 aliphatic carbocycles. The minimum atomic E-state index is -0.868. The molecule has 0 bridgehead atoms.